The Morgan fingerprint density at radius 1 is 1.21 bits per heavy atom. The molecule has 0 amide bonds. The number of nitrogens with one attached hydrogen (secondary N) is 1. The quantitative estimate of drug-likeness (QED) is 0.670. The summed E-state index contributed by atoms with van der Waals surface area (Å²) < 4.78 is 26.2. The van der Waals surface area contributed by atoms with E-state index < -0.39 is 10.0 Å². The Kier molecular flexibility index (Phi) is 7.28. The molecular formula is C13H29N3O2S. The summed E-state index contributed by atoms with van der Waals surface area (Å²) in [5, 5.41) is 3.30. The second kappa shape index (κ2) is 8.19. The van der Waals surface area contributed by atoms with E-state index in [2.05, 4.69) is 17.1 Å². The van der Waals surface area contributed by atoms with Crippen molar-refractivity contribution < 1.29 is 8.42 Å². The number of likely N-dealkylation sites (N-methyl/N-ethyl adjacent to an activating group) is 1. The van der Waals surface area contributed by atoms with Crippen LogP contribution in [0.15, 0.2) is 0 Å². The summed E-state index contributed by atoms with van der Waals surface area (Å²) in [4.78, 5) is 2.19. The van der Waals surface area contributed by atoms with Crippen molar-refractivity contribution in [3.8, 4) is 0 Å². The van der Waals surface area contributed by atoms with Crippen LogP contribution in [0, 0.1) is 0 Å². The van der Waals surface area contributed by atoms with Crippen LogP contribution >= 0.6 is 0 Å². The molecule has 1 heterocycles. The third kappa shape index (κ3) is 5.77. The average Bonchev–Trinajstić information content (AvgIpc) is 2.33. The van der Waals surface area contributed by atoms with Crippen molar-refractivity contribution in [3.05, 3.63) is 0 Å². The van der Waals surface area contributed by atoms with Crippen LogP contribution in [0.5, 0.6) is 0 Å². The minimum absolute atomic E-state index is 0.0990. The molecule has 0 aliphatic carbocycles. The Morgan fingerprint density at radius 2 is 1.95 bits per heavy atom. The molecule has 1 aliphatic rings. The second-order valence-corrected chi connectivity index (χ2v) is 7.54. The summed E-state index contributed by atoms with van der Waals surface area (Å²) in [6, 6.07) is 0.0990. The fourth-order valence-corrected chi connectivity index (χ4v) is 4.27. The fourth-order valence-electron chi connectivity index (χ4n) is 2.49. The summed E-state index contributed by atoms with van der Waals surface area (Å²) in [5.74, 6) is 0.287. The van der Waals surface area contributed by atoms with Crippen molar-refractivity contribution in [3.63, 3.8) is 0 Å². The molecule has 0 bridgehead atoms. The summed E-state index contributed by atoms with van der Waals surface area (Å²) >= 11 is 0. The normalized spacial score (nSPS) is 22.8. The molecule has 1 N–H and O–H groups in total. The zero-order valence-corrected chi connectivity index (χ0v) is 13.4. The van der Waals surface area contributed by atoms with Gasteiger partial charge in [0.2, 0.25) is 10.0 Å². The van der Waals surface area contributed by atoms with Gasteiger partial charge in [-0.15, -0.1) is 0 Å². The van der Waals surface area contributed by atoms with Gasteiger partial charge in [0, 0.05) is 25.7 Å². The van der Waals surface area contributed by atoms with Crippen molar-refractivity contribution in [2.75, 3.05) is 45.5 Å². The van der Waals surface area contributed by atoms with Crippen LogP contribution in [-0.4, -0.2) is 69.2 Å². The van der Waals surface area contributed by atoms with E-state index in [9.17, 15) is 8.42 Å². The molecule has 0 aromatic rings. The van der Waals surface area contributed by atoms with Crippen LogP contribution in [-0.2, 0) is 10.0 Å². The van der Waals surface area contributed by atoms with Gasteiger partial charge in [0.1, 0.15) is 0 Å². The van der Waals surface area contributed by atoms with E-state index in [1.165, 1.54) is 0 Å². The van der Waals surface area contributed by atoms with Crippen LogP contribution in [0.1, 0.15) is 33.1 Å². The van der Waals surface area contributed by atoms with Crippen LogP contribution < -0.4 is 5.32 Å². The topological polar surface area (TPSA) is 52.7 Å². The van der Waals surface area contributed by atoms with E-state index in [1.807, 2.05) is 14.0 Å². The van der Waals surface area contributed by atoms with E-state index in [1.54, 1.807) is 4.31 Å². The maximum atomic E-state index is 12.3. The smallest absolute Gasteiger partial charge is 0.214 e. The molecule has 1 aliphatic heterocycles. The van der Waals surface area contributed by atoms with E-state index in [-0.39, 0.29) is 11.8 Å². The minimum Gasteiger partial charge on any atom is -0.317 e. The second-order valence-electron chi connectivity index (χ2n) is 5.50. The molecule has 6 heteroatoms. The summed E-state index contributed by atoms with van der Waals surface area (Å²) in [7, 11) is -1.03. The van der Waals surface area contributed by atoms with Gasteiger partial charge in [-0.25, -0.2) is 8.42 Å². The Balaban J connectivity index is 2.31. The molecule has 1 saturated heterocycles. The van der Waals surface area contributed by atoms with Crippen molar-refractivity contribution in [1.29, 1.82) is 0 Å². The monoisotopic (exact) mass is 291 g/mol. The molecule has 0 radical (unpaired) electrons. The van der Waals surface area contributed by atoms with Gasteiger partial charge in [0.15, 0.2) is 0 Å². The van der Waals surface area contributed by atoms with Gasteiger partial charge in [-0.3, -0.25) is 0 Å². The lowest BCUT2D eigenvalue weighted by molar-refractivity contribution is 0.170. The van der Waals surface area contributed by atoms with Crippen molar-refractivity contribution in [2.45, 2.75) is 39.2 Å². The number of piperazine rings is 1. The molecule has 1 atom stereocenters. The highest BCUT2D eigenvalue weighted by atomic mass is 32.2. The van der Waals surface area contributed by atoms with Crippen molar-refractivity contribution >= 4 is 10.0 Å². The molecule has 1 unspecified atom stereocenters. The highest BCUT2D eigenvalue weighted by Crippen LogP contribution is 2.14. The Labute approximate surface area is 118 Å². The number of hydrogen-bond donors (Lipinski definition) is 1. The Bertz CT molecular complexity index is 346. The highest BCUT2D eigenvalue weighted by molar-refractivity contribution is 7.89. The number of unbranched alkanes of at least 4 members (excludes halogenated alkanes) is 1. The van der Waals surface area contributed by atoms with E-state index >= 15 is 0 Å². The predicted octanol–water partition coefficient (Wildman–Crippen LogP) is 0.732. The molecule has 19 heavy (non-hydrogen) atoms. The van der Waals surface area contributed by atoms with Gasteiger partial charge in [-0.2, -0.15) is 4.31 Å². The van der Waals surface area contributed by atoms with Crippen LogP contribution in [0.3, 0.4) is 0 Å². The van der Waals surface area contributed by atoms with Gasteiger partial charge in [0.25, 0.3) is 0 Å². The largest absolute Gasteiger partial charge is 0.317 e. The van der Waals surface area contributed by atoms with Gasteiger partial charge in [-0.05, 0) is 46.3 Å². The zero-order valence-electron chi connectivity index (χ0n) is 12.6. The first-order valence-electron chi connectivity index (χ1n) is 7.36. The number of nitrogens with zero attached hydrogens (tertiary/aromatic N) is 2. The van der Waals surface area contributed by atoms with Gasteiger partial charge in [-0.1, -0.05) is 6.92 Å². The van der Waals surface area contributed by atoms with Gasteiger partial charge >= 0.3 is 0 Å². The zero-order chi connectivity index (χ0) is 14.3. The number of sulfonamides is 1. The third-order valence-electron chi connectivity index (χ3n) is 3.56. The Hall–Kier alpha value is -0.170. The lowest BCUT2D eigenvalue weighted by Crippen LogP contribution is -2.53. The number of rotatable bonds is 8. The van der Waals surface area contributed by atoms with Crippen molar-refractivity contribution in [1.82, 2.24) is 14.5 Å². The molecule has 1 rings (SSSR count). The van der Waals surface area contributed by atoms with Gasteiger partial charge in [0.05, 0.1) is 5.75 Å². The Morgan fingerprint density at radius 3 is 2.58 bits per heavy atom. The average molecular weight is 291 g/mol. The molecule has 0 aromatic carbocycles. The highest BCUT2D eigenvalue weighted by Gasteiger charge is 2.30. The van der Waals surface area contributed by atoms with Crippen LogP contribution in [0.25, 0.3) is 0 Å². The molecule has 114 valence electrons. The third-order valence-corrected chi connectivity index (χ3v) is 5.62. The molecule has 0 saturated carbocycles. The summed E-state index contributed by atoms with van der Waals surface area (Å²) in [6.45, 7) is 8.36. The molecule has 0 aromatic heterocycles. The van der Waals surface area contributed by atoms with Gasteiger partial charge < -0.3 is 10.2 Å². The SMILES string of the molecule is CCCNCCCCS(=O)(=O)N1CCN(C)CC1C. The fraction of sp³-hybridized carbons (Fsp3) is 1.00. The first-order chi connectivity index (χ1) is 8.97. The minimum atomic E-state index is -3.07. The maximum absolute atomic E-state index is 12.3. The molecule has 0 spiro atoms. The lowest BCUT2D eigenvalue weighted by Gasteiger charge is -2.37. The van der Waals surface area contributed by atoms with E-state index in [4.69, 9.17) is 0 Å². The van der Waals surface area contributed by atoms with Crippen molar-refractivity contribution in [2.24, 2.45) is 0 Å². The van der Waals surface area contributed by atoms with Crippen LogP contribution in [0.2, 0.25) is 0 Å². The predicted molar refractivity (Wildman–Crippen MR) is 79.8 cm³/mol. The molecule has 1 fully saturated rings. The lowest BCUT2D eigenvalue weighted by atomic mass is 10.2. The summed E-state index contributed by atoms with van der Waals surface area (Å²) in [5.41, 5.74) is 0. The first kappa shape index (κ1) is 16.9. The molecule has 5 nitrogen and oxygen atoms in total. The van der Waals surface area contributed by atoms with E-state index in [0.29, 0.717) is 6.54 Å². The van der Waals surface area contributed by atoms with Crippen LogP contribution in [0.4, 0.5) is 0 Å². The molecular weight excluding hydrogens is 262 g/mol. The van der Waals surface area contributed by atoms with E-state index in [0.717, 1.165) is 45.4 Å². The first-order valence-corrected chi connectivity index (χ1v) is 8.97. The summed E-state index contributed by atoms with van der Waals surface area (Å²) in [6.07, 6.45) is 2.80. The standard InChI is InChI=1S/C13H29N3O2S/c1-4-7-14-8-5-6-11-19(17,18)16-10-9-15(3)12-13(16)2/h13-14H,4-12H2,1-3H3. The maximum Gasteiger partial charge on any atom is 0.214 e. The number of hydrogen-bond acceptors (Lipinski definition) is 4.